The van der Waals surface area contributed by atoms with Crippen LogP contribution >= 0.6 is 0 Å². The van der Waals surface area contributed by atoms with Crippen LogP contribution in [-0.4, -0.2) is 58.5 Å². The minimum atomic E-state index is -3.13. The summed E-state index contributed by atoms with van der Waals surface area (Å²) in [6.07, 6.45) is 0.858. The molecule has 0 aliphatic carbocycles. The molecule has 0 aromatic heterocycles. The third-order valence-corrected chi connectivity index (χ3v) is 3.40. The van der Waals surface area contributed by atoms with Gasteiger partial charge in [0.15, 0.2) is 9.84 Å². The Hall–Kier alpha value is -1.08. The summed E-state index contributed by atoms with van der Waals surface area (Å²) in [5.74, 6) is -0.0875. The first-order valence-electron chi connectivity index (χ1n) is 4.88. The van der Waals surface area contributed by atoms with Crippen molar-refractivity contribution >= 4 is 15.9 Å². The van der Waals surface area contributed by atoms with Crippen molar-refractivity contribution in [3.63, 3.8) is 0 Å². The summed E-state index contributed by atoms with van der Waals surface area (Å²) >= 11 is 0. The number of rotatable bonds is 4. The summed E-state index contributed by atoms with van der Waals surface area (Å²) in [6.45, 7) is 0.911. The molecule has 0 radical (unpaired) electrons. The summed E-state index contributed by atoms with van der Waals surface area (Å²) in [6, 6.07) is -0.475. The van der Waals surface area contributed by atoms with E-state index in [1.807, 2.05) is 19.0 Å². The third-order valence-electron chi connectivity index (χ3n) is 2.00. The van der Waals surface area contributed by atoms with Crippen molar-refractivity contribution in [2.24, 2.45) is 0 Å². The maximum atomic E-state index is 11.2. The first-order valence-corrected chi connectivity index (χ1v) is 6.59. The molecule has 6 nitrogen and oxygen atoms in total. The van der Waals surface area contributed by atoms with Gasteiger partial charge >= 0.3 is 6.09 Å². The molecule has 1 amide bonds. The molecule has 7 heteroatoms. The Morgan fingerprint density at radius 1 is 1.56 bits per heavy atom. The van der Waals surface area contributed by atoms with Gasteiger partial charge in [0, 0.05) is 12.0 Å². The molecule has 16 heavy (non-hydrogen) atoms. The van der Waals surface area contributed by atoms with Crippen molar-refractivity contribution < 1.29 is 17.9 Å². The Labute approximate surface area is 95.2 Å². The van der Waals surface area contributed by atoms with Gasteiger partial charge in [0.05, 0.1) is 11.8 Å². The Bertz CT molecular complexity index is 375. The van der Waals surface area contributed by atoms with E-state index in [-0.39, 0.29) is 12.4 Å². The molecule has 92 valence electrons. The highest BCUT2D eigenvalue weighted by atomic mass is 32.2. The standard InChI is InChI=1S/C9H16N2O4S/c1-11(2)4-5-15-9(12)10-8-3-6-16(13,14)7-8/h3,6,8H,4-5,7H2,1-2H3,(H,10,12). The van der Waals surface area contributed by atoms with E-state index in [1.165, 1.54) is 6.08 Å². The Kier molecular flexibility index (Phi) is 4.31. The fraction of sp³-hybridized carbons (Fsp3) is 0.667. The van der Waals surface area contributed by atoms with Crippen LogP contribution in [0.15, 0.2) is 11.5 Å². The summed E-state index contributed by atoms with van der Waals surface area (Å²) in [5.41, 5.74) is 0. The minimum Gasteiger partial charge on any atom is -0.448 e. The molecular weight excluding hydrogens is 232 g/mol. The third kappa shape index (κ3) is 4.63. The van der Waals surface area contributed by atoms with Crippen LogP contribution in [0.25, 0.3) is 0 Å². The number of nitrogens with one attached hydrogen (secondary N) is 1. The number of nitrogens with zero attached hydrogens (tertiary/aromatic N) is 1. The van der Waals surface area contributed by atoms with E-state index in [4.69, 9.17) is 4.74 Å². The molecule has 1 aliphatic rings. The molecule has 1 atom stereocenters. The molecule has 1 heterocycles. The fourth-order valence-electron chi connectivity index (χ4n) is 1.18. The molecule has 1 rings (SSSR count). The monoisotopic (exact) mass is 248 g/mol. The van der Waals surface area contributed by atoms with Crippen molar-refractivity contribution in [2.75, 3.05) is 33.0 Å². The van der Waals surface area contributed by atoms with Gasteiger partial charge < -0.3 is 15.0 Å². The number of carbonyl (C=O) groups excluding carboxylic acids is 1. The number of carbonyl (C=O) groups is 1. The molecule has 0 saturated carbocycles. The smallest absolute Gasteiger partial charge is 0.407 e. The highest BCUT2D eigenvalue weighted by molar-refractivity contribution is 7.94. The normalized spacial score (nSPS) is 22.3. The number of hydrogen-bond acceptors (Lipinski definition) is 5. The van der Waals surface area contributed by atoms with Gasteiger partial charge in [-0.15, -0.1) is 0 Å². The molecule has 1 N–H and O–H groups in total. The molecule has 0 spiro atoms. The number of sulfone groups is 1. The highest BCUT2D eigenvalue weighted by Gasteiger charge is 2.23. The second-order valence-corrected chi connectivity index (χ2v) is 5.78. The fourth-order valence-corrected chi connectivity index (χ4v) is 2.41. The lowest BCUT2D eigenvalue weighted by atomic mass is 10.3. The predicted octanol–water partition coefficient (Wildman–Crippen LogP) is -0.415. The van der Waals surface area contributed by atoms with Crippen LogP contribution in [0.5, 0.6) is 0 Å². The lowest BCUT2D eigenvalue weighted by Crippen LogP contribution is -2.36. The number of alkyl carbamates (subject to hydrolysis) is 1. The maximum Gasteiger partial charge on any atom is 0.407 e. The van der Waals surface area contributed by atoms with Crippen molar-refractivity contribution in [1.29, 1.82) is 0 Å². The van der Waals surface area contributed by atoms with Gasteiger partial charge in [-0.2, -0.15) is 0 Å². The number of ether oxygens (including phenoxy) is 1. The highest BCUT2D eigenvalue weighted by Crippen LogP contribution is 2.07. The van der Waals surface area contributed by atoms with Crippen molar-refractivity contribution in [3.05, 3.63) is 11.5 Å². The molecule has 1 unspecified atom stereocenters. The lowest BCUT2D eigenvalue weighted by molar-refractivity contribution is 0.135. The zero-order valence-corrected chi connectivity index (χ0v) is 10.2. The second kappa shape index (κ2) is 5.31. The van der Waals surface area contributed by atoms with Crippen LogP contribution in [0.1, 0.15) is 0 Å². The van der Waals surface area contributed by atoms with E-state index in [1.54, 1.807) is 0 Å². The molecule has 0 saturated heterocycles. The van der Waals surface area contributed by atoms with Gasteiger partial charge in [-0.1, -0.05) is 0 Å². The van der Waals surface area contributed by atoms with Crippen molar-refractivity contribution in [1.82, 2.24) is 10.2 Å². The van der Waals surface area contributed by atoms with Crippen LogP contribution in [0, 0.1) is 0 Å². The molecular formula is C9H16N2O4S. The average molecular weight is 248 g/mol. The van der Waals surface area contributed by atoms with E-state index in [0.29, 0.717) is 6.54 Å². The molecule has 0 aromatic rings. The Balaban J connectivity index is 2.24. The van der Waals surface area contributed by atoms with E-state index in [9.17, 15) is 13.2 Å². The van der Waals surface area contributed by atoms with Crippen LogP contribution in [0.4, 0.5) is 4.79 Å². The van der Waals surface area contributed by atoms with E-state index >= 15 is 0 Å². The number of amides is 1. The van der Waals surface area contributed by atoms with E-state index in [0.717, 1.165) is 5.41 Å². The van der Waals surface area contributed by atoms with Crippen LogP contribution in [-0.2, 0) is 14.6 Å². The molecule has 0 fully saturated rings. The molecule has 0 aromatic carbocycles. The number of hydrogen-bond donors (Lipinski definition) is 1. The topological polar surface area (TPSA) is 75.7 Å². The predicted molar refractivity (Wildman–Crippen MR) is 59.8 cm³/mol. The van der Waals surface area contributed by atoms with Gasteiger partial charge in [-0.05, 0) is 20.2 Å². The summed E-state index contributed by atoms with van der Waals surface area (Å²) in [4.78, 5) is 13.1. The Morgan fingerprint density at radius 3 is 2.75 bits per heavy atom. The van der Waals surface area contributed by atoms with Gasteiger partial charge in [0.1, 0.15) is 6.61 Å². The van der Waals surface area contributed by atoms with Crippen LogP contribution in [0.3, 0.4) is 0 Å². The summed E-state index contributed by atoms with van der Waals surface area (Å²) in [5, 5.41) is 3.57. The second-order valence-electron chi connectivity index (χ2n) is 3.85. The number of likely N-dealkylation sites (N-methyl/N-ethyl adjacent to an activating group) is 1. The molecule has 0 bridgehead atoms. The van der Waals surface area contributed by atoms with Crippen LogP contribution in [0.2, 0.25) is 0 Å². The lowest BCUT2D eigenvalue weighted by Gasteiger charge is -2.12. The first-order chi connectivity index (χ1) is 7.39. The van der Waals surface area contributed by atoms with Gasteiger partial charge in [0.2, 0.25) is 0 Å². The first kappa shape index (κ1) is 13.0. The zero-order chi connectivity index (χ0) is 12.2. The maximum absolute atomic E-state index is 11.2. The zero-order valence-electron chi connectivity index (χ0n) is 9.34. The quantitative estimate of drug-likeness (QED) is 0.731. The average Bonchev–Trinajstić information content (AvgIpc) is 2.44. The van der Waals surface area contributed by atoms with E-state index in [2.05, 4.69) is 5.32 Å². The van der Waals surface area contributed by atoms with Gasteiger partial charge in [-0.3, -0.25) is 0 Å². The van der Waals surface area contributed by atoms with Crippen molar-refractivity contribution in [3.8, 4) is 0 Å². The van der Waals surface area contributed by atoms with Crippen molar-refractivity contribution in [2.45, 2.75) is 6.04 Å². The minimum absolute atomic E-state index is 0.0875. The largest absolute Gasteiger partial charge is 0.448 e. The summed E-state index contributed by atoms with van der Waals surface area (Å²) in [7, 11) is 0.603. The van der Waals surface area contributed by atoms with E-state index < -0.39 is 22.0 Å². The van der Waals surface area contributed by atoms with Gasteiger partial charge in [0.25, 0.3) is 0 Å². The Morgan fingerprint density at radius 2 is 2.25 bits per heavy atom. The molecule has 1 aliphatic heterocycles. The summed E-state index contributed by atoms with van der Waals surface area (Å²) < 4.78 is 26.9. The SMILES string of the molecule is CN(C)CCOC(=O)NC1C=CS(=O)(=O)C1. The van der Waals surface area contributed by atoms with Crippen LogP contribution < -0.4 is 5.32 Å². The van der Waals surface area contributed by atoms with Gasteiger partial charge in [-0.25, -0.2) is 13.2 Å².